The van der Waals surface area contributed by atoms with E-state index >= 15 is 0 Å². The molecule has 2 aromatic rings. The van der Waals surface area contributed by atoms with Gasteiger partial charge in [0.15, 0.2) is 0 Å². The summed E-state index contributed by atoms with van der Waals surface area (Å²) < 4.78 is 0. The van der Waals surface area contributed by atoms with Crippen LogP contribution in [0.3, 0.4) is 0 Å². The molecule has 118 valence electrons. The molecule has 0 bridgehead atoms. The predicted octanol–water partition coefficient (Wildman–Crippen LogP) is 3.17. The molecule has 4 heteroatoms. The number of benzene rings is 2. The fourth-order valence-electron chi connectivity index (χ4n) is 2.25. The van der Waals surface area contributed by atoms with Crippen LogP contribution in [0.2, 0.25) is 0 Å². The predicted molar refractivity (Wildman–Crippen MR) is 95.9 cm³/mol. The van der Waals surface area contributed by atoms with Crippen LogP contribution in [0.4, 0.5) is 0 Å². The van der Waals surface area contributed by atoms with Crippen LogP contribution in [0.1, 0.15) is 19.4 Å². The van der Waals surface area contributed by atoms with E-state index in [1.807, 2.05) is 25.6 Å². The lowest BCUT2D eigenvalue weighted by molar-refractivity contribution is -0.124. The Kier molecular flexibility index (Phi) is 6.28. The molecule has 0 spiro atoms. The Morgan fingerprint density at radius 3 is 2.68 bits per heavy atom. The molecule has 0 saturated heterocycles. The number of amides is 1. The standard InChI is InChI=1S/C18H24N2OS/c1-13(14(2)19)18(21)20-10-11-22-12-16-8-5-7-15-6-3-4-9-17(15)16/h3-9,13-14H,10-12,19H2,1-2H3,(H,20,21). The number of fused-ring (bicyclic) bond motifs is 1. The smallest absolute Gasteiger partial charge is 0.224 e. The van der Waals surface area contributed by atoms with Gasteiger partial charge in [-0.2, -0.15) is 11.8 Å². The van der Waals surface area contributed by atoms with Gasteiger partial charge < -0.3 is 11.1 Å². The van der Waals surface area contributed by atoms with Gasteiger partial charge in [0, 0.05) is 30.0 Å². The van der Waals surface area contributed by atoms with Gasteiger partial charge in [0.25, 0.3) is 0 Å². The summed E-state index contributed by atoms with van der Waals surface area (Å²) in [6, 6.07) is 14.7. The van der Waals surface area contributed by atoms with Crippen molar-refractivity contribution >= 4 is 28.4 Å². The zero-order chi connectivity index (χ0) is 15.9. The van der Waals surface area contributed by atoms with Crippen LogP contribution < -0.4 is 11.1 Å². The third kappa shape index (κ3) is 4.49. The maximum atomic E-state index is 11.8. The van der Waals surface area contributed by atoms with E-state index < -0.39 is 0 Å². The van der Waals surface area contributed by atoms with Crippen molar-refractivity contribution in [3.63, 3.8) is 0 Å². The molecule has 2 atom stereocenters. The molecule has 0 heterocycles. The average molecular weight is 316 g/mol. The van der Waals surface area contributed by atoms with Crippen LogP contribution in [0.25, 0.3) is 10.8 Å². The first-order chi connectivity index (χ1) is 10.6. The highest BCUT2D eigenvalue weighted by Gasteiger charge is 2.15. The zero-order valence-corrected chi connectivity index (χ0v) is 14.0. The van der Waals surface area contributed by atoms with Gasteiger partial charge in [-0.15, -0.1) is 0 Å². The molecule has 0 saturated carbocycles. The normalized spacial score (nSPS) is 13.8. The SMILES string of the molecule is CC(N)C(C)C(=O)NCCSCc1cccc2ccccc12. The van der Waals surface area contributed by atoms with Crippen LogP contribution in [-0.4, -0.2) is 24.2 Å². The summed E-state index contributed by atoms with van der Waals surface area (Å²) in [5.74, 6) is 1.77. The van der Waals surface area contributed by atoms with E-state index in [0.29, 0.717) is 6.54 Å². The van der Waals surface area contributed by atoms with Gasteiger partial charge in [0.1, 0.15) is 0 Å². The van der Waals surface area contributed by atoms with Crippen LogP contribution in [-0.2, 0) is 10.5 Å². The minimum atomic E-state index is -0.136. The average Bonchev–Trinajstić information content (AvgIpc) is 2.53. The highest BCUT2D eigenvalue weighted by Crippen LogP contribution is 2.22. The van der Waals surface area contributed by atoms with Gasteiger partial charge in [0.05, 0.1) is 0 Å². The molecule has 0 aliphatic heterocycles. The summed E-state index contributed by atoms with van der Waals surface area (Å²) in [5.41, 5.74) is 7.08. The highest BCUT2D eigenvalue weighted by molar-refractivity contribution is 7.98. The second kappa shape index (κ2) is 8.20. The minimum Gasteiger partial charge on any atom is -0.355 e. The van der Waals surface area contributed by atoms with Gasteiger partial charge >= 0.3 is 0 Å². The summed E-state index contributed by atoms with van der Waals surface area (Å²) in [5, 5.41) is 5.54. The van der Waals surface area contributed by atoms with Gasteiger partial charge in [0.2, 0.25) is 5.91 Å². The summed E-state index contributed by atoms with van der Waals surface area (Å²) in [7, 11) is 0. The first-order valence-corrected chi connectivity index (χ1v) is 8.82. The Balaban J connectivity index is 1.78. The monoisotopic (exact) mass is 316 g/mol. The molecular formula is C18H24N2OS. The van der Waals surface area contributed by atoms with E-state index in [1.54, 1.807) is 0 Å². The summed E-state index contributed by atoms with van der Waals surface area (Å²) in [4.78, 5) is 11.8. The summed E-state index contributed by atoms with van der Waals surface area (Å²) in [6.07, 6.45) is 0. The summed E-state index contributed by atoms with van der Waals surface area (Å²) >= 11 is 1.84. The Morgan fingerprint density at radius 1 is 1.18 bits per heavy atom. The third-order valence-corrected chi connectivity index (χ3v) is 4.89. The highest BCUT2D eigenvalue weighted by atomic mass is 32.2. The molecule has 0 aliphatic rings. The largest absolute Gasteiger partial charge is 0.355 e. The molecular weight excluding hydrogens is 292 g/mol. The van der Waals surface area contributed by atoms with Crippen LogP contribution in [0, 0.1) is 5.92 Å². The first-order valence-electron chi connectivity index (χ1n) is 7.67. The summed E-state index contributed by atoms with van der Waals surface area (Å²) in [6.45, 7) is 4.41. The van der Waals surface area contributed by atoms with Gasteiger partial charge in [-0.05, 0) is 23.3 Å². The zero-order valence-electron chi connectivity index (χ0n) is 13.2. The molecule has 1 amide bonds. The Hall–Kier alpha value is -1.52. The van der Waals surface area contributed by atoms with Crippen molar-refractivity contribution in [2.24, 2.45) is 11.7 Å². The van der Waals surface area contributed by atoms with Crippen molar-refractivity contribution < 1.29 is 4.79 Å². The molecule has 0 aliphatic carbocycles. The van der Waals surface area contributed by atoms with Crippen molar-refractivity contribution in [2.45, 2.75) is 25.6 Å². The lowest BCUT2D eigenvalue weighted by atomic mass is 10.0. The minimum absolute atomic E-state index is 0.0424. The van der Waals surface area contributed by atoms with Crippen molar-refractivity contribution in [3.05, 3.63) is 48.0 Å². The number of nitrogens with two attached hydrogens (primary N) is 1. The van der Waals surface area contributed by atoms with E-state index in [0.717, 1.165) is 11.5 Å². The Bertz CT molecular complexity index is 622. The fraction of sp³-hybridized carbons (Fsp3) is 0.389. The second-order valence-electron chi connectivity index (χ2n) is 5.63. The molecule has 3 nitrogen and oxygen atoms in total. The van der Waals surface area contributed by atoms with Gasteiger partial charge in [-0.1, -0.05) is 49.4 Å². The molecule has 2 unspecified atom stereocenters. The first kappa shape index (κ1) is 16.8. The van der Waals surface area contributed by atoms with E-state index in [-0.39, 0.29) is 17.9 Å². The van der Waals surface area contributed by atoms with Gasteiger partial charge in [-0.3, -0.25) is 4.79 Å². The van der Waals surface area contributed by atoms with E-state index in [9.17, 15) is 4.79 Å². The van der Waals surface area contributed by atoms with Crippen molar-refractivity contribution in [3.8, 4) is 0 Å². The van der Waals surface area contributed by atoms with Crippen LogP contribution in [0.5, 0.6) is 0 Å². The second-order valence-corrected chi connectivity index (χ2v) is 6.73. The molecule has 3 N–H and O–H groups in total. The third-order valence-electron chi connectivity index (χ3n) is 3.89. The van der Waals surface area contributed by atoms with Crippen LogP contribution >= 0.6 is 11.8 Å². The number of nitrogens with one attached hydrogen (secondary N) is 1. The van der Waals surface area contributed by atoms with E-state index in [4.69, 9.17) is 5.73 Å². The number of hydrogen-bond acceptors (Lipinski definition) is 3. The number of hydrogen-bond donors (Lipinski definition) is 2. The number of thioether (sulfide) groups is 1. The maximum absolute atomic E-state index is 11.8. The molecule has 0 radical (unpaired) electrons. The van der Waals surface area contributed by atoms with Crippen LogP contribution in [0.15, 0.2) is 42.5 Å². The van der Waals surface area contributed by atoms with E-state index in [2.05, 4.69) is 47.8 Å². The molecule has 2 aromatic carbocycles. The molecule has 0 fully saturated rings. The van der Waals surface area contributed by atoms with Crippen molar-refractivity contribution in [1.29, 1.82) is 0 Å². The lowest BCUT2D eigenvalue weighted by Gasteiger charge is -2.15. The maximum Gasteiger partial charge on any atom is 0.224 e. The quantitative estimate of drug-likeness (QED) is 0.771. The number of carbonyl (C=O) groups excluding carboxylic acids is 1. The molecule has 2 rings (SSSR count). The number of carbonyl (C=O) groups is 1. The lowest BCUT2D eigenvalue weighted by Crippen LogP contribution is -2.39. The Labute approximate surface area is 136 Å². The fourth-order valence-corrected chi connectivity index (χ4v) is 3.11. The number of rotatable bonds is 7. The van der Waals surface area contributed by atoms with E-state index in [1.165, 1.54) is 16.3 Å². The van der Waals surface area contributed by atoms with Gasteiger partial charge in [-0.25, -0.2) is 0 Å². The molecule has 22 heavy (non-hydrogen) atoms. The van der Waals surface area contributed by atoms with Crippen molar-refractivity contribution in [2.75, 3.05) is 12.3 Å². The van der Waals surface area contributed by atoms with Crippen molar-refractivity contribution in [1.82, 2.24) is 5.32 Å². The molecule has 0 aromatic heterocycles. The topological polar surface area (TPSA) is 55.1 Å². The Morgan fingerprint density at radius 2 is 1.91 bits per heavy atom.